The minimum atomic E-state index is 0.399. The Morgan fingerprint density at radius 1 is 1.11 bits per heavy atom. The van der Waals surface area contributed by atoms with Crippen LogP contribution in [0.3, 0.4) is 0 Å². The van der Waals surface area contributed by atoms with Gasteiger partial charge in [-0.1, -0.05) is 33.6 Å². The zero-order valence-corrected chi connectivity index (χ0v) is 13.0. The second kappa shape index (κ2) is 7.97. The van der Waals surface area contributed by atoms with Crippen molar-refractivity contribution in [1.29, 1.82) is 0 Å². The van der Waals surface area contributed by atoms with E-state index < -0.39 is 0 Å². The summed E-state index contributed by atoms with van der Waals surface area (Å²) in [5.41, 5.74) is 1.19. The summed E-state index contributed by atoms with van der Waals surface area (Å²) in [4.78, 5) is 8.79. The van der Waals surface area contributed by atoms with Crippen molar-refractivity contribution in [3.63, 3.8) is 0 Å². The second-order valence-corrected chi connectivity index (χ2v) is 5.36. The molecule has 0 aliphatic carbocycles. The van der Waals surface area contributed by atoms with Crippen LogP contribution in [0.4, 0.5) is 11.6 Å². The van der Waals surface area contributed by atoms with E-state index in [0.29, 0.717) is 12.0 Å². The molecule has 0 aliphatic heterocycles. The molecule has 0 spiro atoms. The number of rotatable bonds is 8. The Bertz CT molecular complexity index is 376. The van der Waals surface area contributed by atoms with Crippen molar-refractivity contribution in [2.45, 2.75) is 65.8 Å². The lowest BCUT2D eigenvalue weighted by Gasteiger charge is -2.20. The van der Waals surface area contributed by atoms with Crippen LogP contribution in [0, 0.1) is 0 Å². The topological polar surface area (TPSA) is 49.8 Å². The van der Waals surface area contributed by atoms with Crippen molar-refractivity contribution in [1.82, 2.24) is 9.97 Å². The van der Waals surface area contributed by atoms with E-state index in [-0.39, 0.29) is 0 Å². The molecule has 0 radical (unpaired) electrons. The molecule has 1 aromatic rings. The maximum Gasteiger partial charge on any atom is 0.135 e. The minimum absolute atomic E-state index is 0.399. The minimum Gasteiger partial charge on any atom is -0.370 e. The van der Waals surface area contributed by atoms with Crippen molar-refractivity contribution in [2.24, 2.45) is 0 Å². The number of anilines is 2. The van der Waals surface area contributed by atoms with E-state index in [1.165, 1.54) is 24.8 Å². The standard InChI is InChI=1S/C15H28N4/c1-6-8-9-12(5)19-15-13(11(3)4)14(16-7-2)17-10-18-15/h10-12H,6-9H2,1-5H3,(H2,16,17,18,19). The monoisotopic (exact) mass is 264 g/mol. The van der Waals surface area contributed by atoms with Crippen LogP contribution in [-0.2, 0) is 0 Å². The molecule has 2 N–H and O–H groups in total. The van der Waals surface area contributed by atoms with E-state index in [1.807, 2.05) is 0 Å². The summed E-state index contributed by atoms with van der Waals surface area (Å²) in [6, 6.07) is 0.446. The van der Waals surface area contributed by atoms with Crippen LogP contribution in [0.5, 0.6) is 0 Å². The van der Waals surface area contributed by atoms with E-state index in [9.17, 15) is 0 Å². The van der Waals surface area contributed by atoms with Crippen LogP contribution in [-0.4, -0.2) is 22.6 Å². The van der Waals surface area contributed by atoms with Gasteiger partial charge >= 0.3 is 0 Å². The summed E-state index contributed by atoms with van der Waals surface area (Å²) < 4.78 is 0. The Balaban J connectivity index is 2.89. The summed E-state index contributed by atoms with van der Waals surface area (Å²) in [7, 11) is 0. The predicted octanol–water partition coefficient (Wildman–Crippen LogP) is 4.02. The Morgan fingerprint density at radius 2 is 1.79 bits per heavy atom. The number of hydrogen-bond donors (Lipinski definition) is 2. The molecule has 0 aliphatic rings. The zero-order valence-electron chi connectivity index (χ0n) is 13.0. The van der Waals surface area contributed by atoms with Gasteiger partial charge in [-0.3, -0.25) is 0 Å². The van der Waals surface area contributed by atoms with Crippen molar-refractivity contribution < 1.29 is 0 Å². The lowest BCUT2D eigenvalue weighted by atomic mass is 10.0. The normalized spacial score (nSPS) is 12.5. The van der Waals surface area contributed by atoms with Gasteiger partial charge in [-0.25, -0.2) is 9.97 Å². The second-order valence-electron chi connectivity index (χ2n) is 5.36. The maximum atomic E-state index is 4.43. The van der Waals surface area contributed by atoms with Crippen LogP contribution in [0.15, 0.2) is 6.33 Å². The van der Waals surface area contributed by atoms with Crippen molar-refractivity contribution in [2.75, 3.05) is 17.2 Å². The van der Waals surface area contributed by atoms with Gasteiger partial charge in [-0.15, -0.1) is 0 Å². The highest BCUT2D eigenvalue weighted by Crippen LogP contribution is 2.28. The van der Waals surface area contributed by atoms with Crippen LogP contribution < -0.4 is 10.6 Å². The molecule has 1 rings (SSSR count). The summed E-state index contributed by atoms with van der Waals surface area (Å²) >= 11 is 0. The summed E-state index contributed by atoms with van der Waals surface area (Å²) in [5.74, 6) is 2.33. The van der Waals surface area contributed by atoms with E-state index >= 15 is 0 Å². The van der Waals surface area contributed by atoms with Gasteiger partial charge in [-0.2, -0.15) is 0 Å². The molecular weight excluding hydrogens is 236 g/mol. The largest absolute Gasteiger partial charge is 0.370 e. The molecule has 4 heteroatoms. The third-order valence-electron chi connectivity index (χ3n) is 3.18. The summed E-state index contributed by atoms with van der Waals surface area (Å²) in [6.45, 7) is 11.8. The molecule has 0 fully saturated rings. The first-order valence-corrected chi connectivity index (χ1v) is 7.45. The fraction of sp³-hybridized carbons (Fsp3) is 0.733. The number of nitrogens with one attached hydrogen (secondary N) is 2. The molecule has 4 nitrogen and oxygen atoms in total. The average Bonchev–Trinajstić information content (AvgIpc) is 2.36. The molecule has 108 valence electrons. The fourth-order valence-corrected chi connectivity index (χ4v) is 2.18. The van der Waals surface area contributed by atoms with Gasteiger partial charge in [0.05, 0.1) is 0 Å². The molecule has 1 aromatic heterocycles. The average molecular weight is 264 g/mol. The quantitative estimate of drug-likeness (QED) is 0.744. The third-order valence-corrected chi connectivity index (χ3v) is 3.18. The number of nitrogens with zero attached hydrogens (tertiary/aromatic N) is 2. The SMILES string of the molecule is CCCCC(C)Nc1ncnc(NCC)c1C(C)C. The first-order chi connectivity index (χ1) is 9.10. The van der Waals surface area contributed by atoms with Crippen LogP contribution in [0.2, 0.25) is 0 Å². The molecule has 1 unspecified atom stereocenters. The fourth-order valence-electron chi connectivity index (χ4n) is 2.18. The highest BCUT2D eigenvalue weighted by atomic mass is 15.1. The van der Waals surface area contributed by atoms with Crippen LogP contribution >= 0.6 is 0 Å². The molecule has 0 amide bonds. The molecule has 0 aromatic carbocycles. The number of unbranched alkanes of at least 4 members (excludes halogenated alkanes) is 1. The molecule has 0 saturated heterocycles. The highest BCUT2D eigenvalue weighted by molar-refractivity contribution is 5.59. The van der Waals surface area contributed by atoms with Gasteiger partial charge in [-0.05, 0) is 26.2 Å². The number of hydrogen-bond acceptors (Lipinski definition) is 4. The first-order valence-electron chi connectivity index (χ1n) is 7.45. The zero-order chi connectivity index (χ0) is 14.3. The van der Waals surface area contributed by atoms with Crippen LogP contribution in [0.1, 0.15) is 65.4 Å². The smallest absolute Gasteiger partial charge is 0.135 e. The maximum absolute atomic E-state index is 4.43. The Labute approximate surface area is 117 Å². The Morgan fingerprint density at radius 3 is 2.37 bits per heavy atom. The van der Waals surface area contributed by atoms with Crippen molar-refractivity contribution in [3.05, 3.63) is 11.9 Å². The Kier molecular flexibility index (Phi) is 6.60. The van der Waals surface area contributed by atoms with E-state index in [4.69, 9.17) is 0 Å². The summed E-state index contributed by atoms with van der Waals surface area (Å²) in [5, 5.41) is 6.86. The predicted molar refractivity (Wildman–Crippen MR) is 82.9 cm³/mol. The summed E-state index contributed by atoms with van der Waals surface area (Å²) in [6.07, 6.45) is 5.29. The van der Waals surface area contributed by atoms with Crippen molar-refractivity contribution >= 4 is 11.6 Å². The molecule has 19 heavy (non-hydrogen) atoms. The molecule has 1 heterocycles. The van der Waals surface area contributed by atoms with E-state index in [2.05, 4.69) is 55.2 Å². The van der Waals surface area contributed by atoms with Crippen LogP contribution in [0.25, 0.3) is 0 Å². The van der Waals surface area contributed by atoms with Gasteiger partial charge < -0.3 is 10.6 Å². The van der Waals surface area contributed by atoms with Gasteiger partial charge in [0, 0.05) is 18.2 Å². The Hall–Kier alpha value is -1.32. The van der Waals surface area contributed by atoms with E-state index in [0.717, 1.165) is 18.2 Å². The van der Waals surface area contributed by atoms with Crippen molar-refractivity contribution in [3.8, 4) is 0 Å². The first kappa shape index (κ1) is 15.7. The lowest BCUT2D eigenvalue weighted by molar-refractivity contribution is 0.641. The molecular formula is C15H28N4. The van der Waals surface area contributed by atoms with Gasteiger partial charge in [0.15, 0.2) is 0 Å². The van der Waals surface area contributed by atoms with E-state index in [1.54, 1.807) is 6.33 Å². The highest BCUT2D eigenvalue weighted by Gasteiger charge is 2.15. The van der Waals surface area contributed by atoms with Gasteiger partial charge in [0.2, 0.25) is 0 Å². The molecule has 0 saturated carbocycles. The van der Waals surface area contributed by atoms with Gasteiger partial charge in [0.25, 0.3) is 0 Å². The third kappa shape index (κ3) is 4.69. The molecule has 0 bridgehead atoms. The number of aromatic nitrogens is 2. The van der Waals surface area contributed by atoms with Gasteiger partial charge in [0.1, 0.15) is 18.0 Å². The molecule has 1 atom stereocenters. The lowest BCUT2D eigenvalue weighted by Crippen LogP contribution is -2.19.